The summed E-state index contributed by atoms with van der Waals surface area (Å²) in [6.45, 7) is 4.24. The summed E-state index contributed by atoms with van der Waals surface area (Å²) in [6.07, 6.45) is 2.58. The maximum absolute atomic E-state index is 13.2. The van der Waals surface area contributed by atoms with E-state index in [4.69, 9.17) is 0 Å². The van der Waals surface area contributed by atoms with Crippen molar-refractivity contribution >= 4 is 5.69 Å². The summed E-state index contributed by atoms with van der Waals surface area (Å²) < 4.78 is 15.0. The van der Waals surface area contributed by atoms with Crippen LogP contribution in [-0.4, -0.2) is 14.7 Å². The normalized spacial score (nSPS) is 14.7. The zero-order valence-electron chi connectivity index (χ0n) is 13.9. The highest BCUT2D eigenvalue weighted by Crippen LogP contribution is 2.44. The van der Waals surface area contributed by atoms with Crippen molar-refractivity contribution in [3.05, 3.63) is 75.7 Å². The highest BCUT2D eigenvalue weighted by Gasteiger charge is 2.34. The van der Waals surface area contributed by atoms with E-state index in [2.05, 4.69) is 18.9 Å². The van der Waals surface area contributed by atoms with Gasteiger partial charge in [0, 0.05) is 17.7 Å². The van der Waals surface area contributed by atoms with Crippen molar-refractivity contribution in [1.29, 1.82) is 0 Å². The molecule has 4 rings (SSSR count). The Morgan fingerprint density at radius 2 is 1.92 bits per heavy atom. The number of nitro groups is 1. The first-order chi connectivity index (χ1) is 11.9. The van der Waals surface area contributed by atoms with E-state index in [-0.39, 0.29) is 21.8 Å². The van der Waals surface area contributed by atoms with E-state index < -0.39 is 0 Å². The maximum atomic E-state index is 13.2. The number of nitro benzene ring substituents is 1. The molecule has 0 saturated heterocycles. The fraction of sp³-hybridized carbons (Fsp3) is 0.211. The van der Waals surface area contributed by atoms with Crippen molar-refractivity contribution < 1.29 is 9.31 Å². The molecule has 1 aliphatic carbocycles. The van der Waals surface area contributed by atoms with Gasteiger partial charge in [-0.15, -0.1) is 0 Å². The van der Waals surface area contributed by atoms with Crippen LogP contribution >= 0.6 is 0 Å². The second-order valence-corrected chi connectivity index (χ2v) is 6.95. The monoisotopic (exact) mass is 337 g/mol. The third-order valence-corrected chi connectivity index (χ3v) is 4.75. The van der Waals surface area contributed by atoms with Gasteiger partial charge in [-0.1, -0.05) is 19.9 Å². The molecule has 3 aromatic rings. The zero-order valence-corrected chi connectivity index (χ0v) is 13.9. The fourth-order valence-corrected chi connectivity index (χ4v) is 3.58. The third-order valence-electron chi connectivity index (χ3n) is 4.75. The Hall–Kier alpha value is -3.02. The standard InChI is InChI=1S/C19H16FN3O2/c1-19(2)10-12-11-21-22(14-5-3-13(20)4-6-14)18(12)16-9-15(23(24)25)7-8-17(16)19/h3-9,11H,10H2,1-2H3. The molecule has 0 radical (unpaired) electrons. The van der Waals surface area contributed by atoms with Crippen LogP contribution in [0.25, 0.3) is 16.9 Å². The molecule has 0 fully saturated rings. The molecule has 0 saturated carbocycles. The van der Waals surface area contributed by atoms with Crippen LogP contribution in [0, 0.1) is 15.9 Å². The molecule has 6 heteroatoms. The molecule has 1 aliphatic rings. The molecule has 0 spiro atoms. The zero-order chi connectivity index (χ0) is 17.8. The van der Waals surface area contributed by atoms with E-state index in [1.165, 1.54) is 12.1 Å². The van der Waals surface area contributed by atoms with Gasteiger partial charge in [-0.25, -0.2) is 9.07 Å². The molecule has 126 valence electrons. The van der Waals surface area contributed by atoms with E-state index in [0.29, 0.717) is 0 Å². The van der Waals surface area contributed by atoms with Gasteiger partial charge in [0.25, 0.3) is 5.69 Å². The van der Waals surface area contributed by atoms with E-state index in [0.717, 1.165) is 34.5 Å². The number of non-ortho nitro benzene ring substituents is 1. The first-order valence-electron chi connectivity index (χ1n) is 7.99. The quantitative estimate of drug-likeness (QED) is 0.514. The molecule has 0 amide bonds. The minimum atomic E-state index is -0.389. The lowest BCUT2D eigenvalue weighted by molar-refractivity contribution is -0.384. The smallest absolute Gasteiger partial charge is 0.258 e. The summed E-state index contributed by atoms with van der Waals surface area (Å²) in [6, 6.07) is 11.0. The van der Waals surface area contributed by atoms with Crippen molar-refractivity contribution in [3.8, 4) is 16.9 Å². The summed E-state index contributed by atoms with van der Waals surface area (Å²) in [7, 11) is 0. The Morgan fingerprint density at radius 3 is 2.60 bits per heavy atom. The summed E-state index contributed by atoms with van der Waals surface area (Å²) in [4.78, 5) is 10.8. The predicted octanol–water partition coefficient (Wildman–Crippen LogP) is 4.42. The van der Waals surface area contributed by atoms with Crippen LogP contribution in [-0.2, 0) is 11.8 Å². The van der Waals surface area contributed by atoms with Gasteiger partial charge >= 0.3 is 0 Å². The van der Waals surface area contributed by atoms with Gasteiger partial charge in [0.05, 0.1) is 22.5 Å². The number of fused-ring (bicyclic) bond motifs is 3. The van der Waals surface area contributed by atoms with Crippen molar-refractivity contribution in [3.63, 3.8) is 0 Å². The average molecular weight is 337 g/mol. The van der Waals surface area contributed by atoms with Crippen molar-refractivity contribution in [2.75, 3.05) is 0 Å². The molecule has 0 N–H and O–H groups in total. The first-order valence-corrected chi connectivity index (χ1v) is 7.99. The van der Waals surface area contributed by atoms with Gasteiger partial charge in [0.15, 0.2) is 0 Å². The highest BCUT2D eigenvalue weighted by atomic mass is 19.1. The summed E-state index contributed by atoms with van der Waals surface area (Å²) in [5.74, 6) is -0.318. The Labute approximate surface area is 143 Å². The van der Waals surface area contributed by atoms with Gasteiger partial charge in [0.2, 0.25) is 0 Å². The maximum Gasteiger partial charge on any atom is 0.270 e. The molecule has 25 heavy (non-hydrogen) atoms. The molecule has 5 nitrogen and oxygen atoms in total. The molecule has 0 bridgehead atoms. The lowest BCUT2D eigenvalue weighted by Crippen LogP contribution is -2.25. The van der Waals surface area contributed by atoms with Gasteiger partial charge in [-0.2, -0.15) is 5.10 Å². The number of rotatable bonds is 2. The highest BCUT2D eigenvalue weighted by molar-refractivity contribution is 5.75. The van der Waals surface area contributed by atoms with Crippen LogP contribution in [0.5, 0.6) is 0 Å². The minimum absolute atomic E-state index is 0.0502. The topological polar surface area (TPSA) is 61.0 Å². The molecular formula is C19H16FN3O2. The second kappa shape index (κ2) is 5.24. The Morgan fingerprint density at radius 1 is 1.20 bits per heavy atom. The van der Waals surface area contributed by atoms with E-state index >= 15 is 0 Å². The molecule has 2 aromatic carbocycles. The van der Waals surface area contributed by atoms with Crippen molar-refractivity contribution in [2.45, 2.75) is 25.7 Å². The number of aromatic nitrogens is 2. The Bertz CT molecular complexity index is 990. The second-order valence-electron chi connectivity index (χ2n) is 6.95. The van der Waals surface area contributed by atoms with Gasteiger partial charge in [-0.05, 0) is 47.2 Å². The lowest BCUT2D eigenvalue weighted by Gasteiger charge is -2.32. The molecular weight excluding hydrogens is 321 g/mol. The van der Waals surface area contributed by atoms with Crippen LogP contribution < -0.4 is 0 Å². The third kappa shape index (κ3) is 2.41. The molecule has 1 heterocycles. The number of nitrogens with zero attached hydrogens (tertiary/aromatic N) is 3. The minimum Gasteiger partial charge on any atom is -0.258 e. The number of halogens is 1. The first kappa shape index (κ1) is 15.5. The molecule has 0 unspecified atom stereocenters. The van der Waals surface area contributed by atoms with Gasteiger partial charge < -0.3 is 0 Å². The number of benzene rings is 2. The van der Waals surface area contributed by atoms with Crippen molar-refractivity contribution in [1.82, 2.24) is 9.78 Å². The molecule has 0 atom stereocenters. The summed E-state index contributed by atoms with van der Waals surface area (Å²) in [5.41, 5.74) is 4.35. The summed E-state index contributed by atoms with van der Waals surface area (Å²) >= 11 is 0. The average Bonchev–Trinajstić information content (AvgIpc) is 2.98. The molecule has 0 aliphatic heterocycles. The van der Waals surface area contributed by atoms with Crippen LogP contribution in [0.4, 0.5) is 10.1 Å². The van der Waals surface area contributed by atoms with Gasteiger partial charge in [-0.3, -0.25) is 10.1 Å². The lowest BCUT2D eigenvalue weighted by atomic mass is 9.72. The Kier molecular flexibility index (Phi) is 3.25. The van der Waals surface area contributed by atoms with Gasteiger partial charge in [0.1, 0.15) is 5.82 Å². The Balaban J connectivity index is 1.98. The van der Waals surface area contributed by atoms with E-state index in [1.54, 1.807) is 35.1 Å². The van der Waals surface area contributed by atoms with Crippen LogP contribution in [0.2, 0.25) is 0 Å². The SMILES string of the molecule is CC1(C)Cc2cnn(-c3ccc(F)cc3)c2-c2cc([N+](=O)[O-])ccc21. The van der Waals surface area contributed by atoms with E-state index in [9.17, 15) is 14.5 Å². The van der Waals surface area contributed by atoms with E-state index in [1.807, 2.05) is 6.07 Å². The number of hydrogen-bond acceptors (Lipinski definition) is 3. The number of hydrogen-bond donors (Lipinski definition) is 0. The summed E-state index contributed by atoms with van der Waals surface area (Å²) in [5, 5.41) is 15.7. The largest absolute Gasteiger partial charge is 0.270 e. The van der Waals surface area contributed by atoms with Crippen LogP contribution in [0.15, 0.2) is 48.7 Å². The van der Waals surface area contributed by atoms with Crippen LogP contribution in [0.3, 0.4) is 0 Å². The van der Waals surface area contributed by atoms with Crippen molar-refractivity contribution in [2.24, 2.45) is 0 Å². The van der Waals surface area contributed by atoms with Crippen LogP contribution in [0.1, 0.15) is 25.0 Å². The fourth-order valence-electron chi connectivity index (χ4n) is 3.58. The predicted molar refractivity (Wildman–Crippen MR) is 92.3 cm³/mol. The molecule has 1 aromatic heterocycles.